The number of para-hydroxylation sites is 1. The number of nitrogens with zero attached hydrogens (tertiary/aromatic N) is 1. The first-order chi connectivity index (χ1) is 12.3. The SMILES string of the molecule is Cc1c(C(=O)NNC(=O)c2ccc(C(F)(F)F)nc2)oc2ccccc12. The highest BCUT2D eigenvalue weighted by Crippen LogP contribution is 2.27. The van der Waals surface area contributed by atoms with E-state index in [0.29, 0.717) is 17.2 Å². The molecule has 2 N–H and O–H groups in total. The van der Waals surface area contributed by atoms with Crippen molar-refractivity contribution in [3.8, 4) is 0 Å². The number of hydrogen-bond donors (Lipinski definition) is 2. The lowest BCUT2D eigenvalue weighted by Crippen LogP contribution is -2.41. The number of nitrogens with one attached hydrogen (secondary N) is 2. The van der Waals surface area contributed by atoms with Gasteiger partial charge in [0.05, 0.1) is 5.56 Å². The highest BCUT2D eigenvalue weighted by atomic mass is 19.4. The van der Waals surface area contributed by atoms with E-state index in [0.717, 1.165) is 17.6 Å². The van der Waals surface area contributed by atoms with E-state index in [1.807, 2.05) is 0 Å². The number of halogens is 3. The number of amides is 2. The van der Waals surface area contributed by atoms with Crippen molar-refractivity contribution < 1.29 is 27.2 Å². The zero-order chi connectivity index (χ0) is 18.9. The second-order valence-electron chi connectivity index (χ2n) is 5.39. The summed E-state index contributed by atoms with van der Waals surface area (Å²) in [4.78, 5) is 27.3. The minimum absolute atomic E-state index is 0.0250. The summed E-state index contributed by atoms with van der Waals surface area (Å²) in [5.41, 5.74) is 4.14. The van der Waals surface area contributed by atoms with E-state index in [2.05, 4.69) is 15.8 Å². The Labute approximate surface area is 145 Å². The quantitative estimate of drug-likeness (QED) is 0.685. The molecule has 0 unspecified atom stereocenters. The molecule has 26 heavy (non-hydrogen) atoms. The molecule has 0 fully saturated rings. The van der Waals surface area contributed by atoms with Gasteiger partial charge >= 0.3 is 12.1 Å². The molecule has 3 rings (SSSR count). The third-order valence-electron chi connectivity index (χ3n) is 3.66. The van der Waals surface area contributed by atoms with Crippen LogP contribution in [0.3, 0.4) is 0 Å². The van der Waals surface area contributed by atoms with Gasteiger partial charge in [0.1, 0.15) is 11.3 Å². The molecular formula is C17H12F3N3O3. The van der Waals surface area contributed by atoms with Gasteiger partial charge in [-0.25, -0.2) is 0 Å². The monoisotopic (exact) mass is 363 g/mol. The number of furan rings is 1. The van der Waals surface area contributed by atoms with Crippen LogP contribution in [0.2, 0.25) is 0 Å². The number of carbonyl (C=O) groups is 2. The lowest BCUT2D eigenvalue weighted by Gasteiger charge is -2.08. The van der Waals surface area contributed by atoms with Crippen LogP contribution < -0.4 is 10.9 Å². The fraction of sp³-hybridized carbons (Fsp3) is 0.118. The van der Waals surface area contributed by atoms with Crippen molar-refractivity contribution in [1.29, 1.82) is 0 Å². The van der Waals surface area contributed by atoms with Gasteiger partial charge in [-0.3, -0.25) is 25.4 Å². The number of pyridine rings is 1. The summed E-state index contributed by atoms with van der Waals surface area (Å²) in [6, 6.07) is 8.69. The van der Waals surface area contributed by atoms with Crippen molar-refractivity contribution in [3.63, 3.8) is 0 Å². The predicted molar refractivity (Wildman–Crippen MR) is 85.1 cm³/mol. The van der Waals surface area contributed by atoms with Gasteiger partial charge in [0.25, 0.3) is 5.91 Å². The molecule has 3 aromatic rings. The molecule has 0 saturated heterocycles. The number of alkyl halides is 3. The summed E-state index contributed by atoms with van der Waals surface area (Å²) in [5, 5.41) is 0.760. The Hall–Kier alpha value is -3.36. The molecule has 2 aromatic heterocycles. The predicted octanol–water partition coefficient (Wildman–Crippen LogP) is 3.23. The Morgan fingerprint density at radius 3 is 2.35 bits per heavy atom. The third-order valence-corrected chi connectivity index (χ3v) is 3.66. The maximum Gasteiger partial charge on any atom is 0.433 e. The summed E-state index contributed by atoms with van der Waals surface area (Å²) in [5.74, 6) is -1.47. The Kier molecular flexibility index (Phi) is 4.37. The van der Waals surface area contributed by atoms with E-state index >= 15 is 0 Å². The number of rotatable bonds is 2. The van der Waals surface area contributed by atoms with Crippen LogP contribution in [-0.4, -0.2) is 16.8 Å². The molecular weight excluding hydrogens is 351 g/mol. The molecule has 0 saturated carbocycles. The zero-order valence-corrected chi connectivity index (χ0v) is 13.3. The Balaban J connectivity index is 1.69. The van der Waals surface area contributed by atoms with E-state index < -0.39 is 23.7 Å². The normalized spacial score (nSPS) is 11.4. The van der Waals surface area contributed by atoms with Crippen LogP contribution in [-0.2, 0) is 6.18 Å². The highest BCUT2D eigenvalue weighted by molar-refractivity contribution is 6.01. The number of aromatic nitrogens is 1. The molecule has 9 heteroatoms. The van der Waals surface area contributed by atoms with Gasteiger partial charge in [-0.1, -0.05) is 18.2 Å². The van der Waals surface area contributed by atoms with Crippen LogP contribution in [0.25, 0.3) is 11.0 Å². The average Bonchev–Trinajstić information content (AvgIpc) is 2.96. The van der Waals surface area contributed by atoms with Crippen LogP contribution in [0.1, 0.15) is 32.2 Å². The van der Waals surface area contributed by atoms with E-state index in [-0.39, 0.29) is 11.3 Å². The van der Waals surface area contributed by atoms with E-state index in [9.17, 15) is 22.8 Å². The summed E-state index contributed by atoms with van der Waals surface area (Å²) in [6.07, 6.45) is -3.82. The van der Waals surface area contributed by atoms with Crippen LogP contribution in [0.4, 0.5) is 13.2 Å². The van der Waals surface area contributed by atoms with Crippen molar-refractivity contribution in [2.24, 2.45) is 0 Å². The van der Waals surface area contributed by atoms with E-state index in [1.54, 1.807) is 31.2 Å². The number of fused-ring (bicyclic) bond motifs is 1. The Morgan fingerprint density at radius 2 is 1.73 bits per heavy atom. The van der Waals surface area contributed by atoms with Crippen molar-refractivity contribution in [2.75, 3.05) is 0 Å². The molecule has 0 aliphatic rings. The maximum absolute atomic E-state index is 12.5. The van der Waals surface area contributed by atoms with Gasteiger partial charge in [-0.05, 0) is 25.1 Å². The van der Waals surface area contributed by atoms with Crippen molar-refractivity contribution in [3.05, 3.63) is 65.2 Å². The van der Waals surface area contributed by atoms with Crippen LogP contribution in [0, 0.1) is 6.92 Å². The summed E-state index contributed by atoms with van der Waals surface area (Å²) in [6.45, 7) is 1.70. The molecule has 6 nitrogen and oxygen atoms in total. The number of aryl methyl sites for hydroxylation is 1. The van der Waals surface area contributed by atoms with Crippen LogP contribution in [0.5, 0.6) is 0 Å². The molecule has 0 aliphatic carbocycles. The molecule has 2 heterocycles. The maximum atomic E-state index is 12.5. The van der Waals surface area contributed by atoms with Crippen molar-refractivity contribution >= 4 is 22.8 Å². The first kappa shape index (κ1) is 17.5. The molecule has 134 valence electrons. The van der Waals surface area contributed by atoms with Crippen molar-refractivity contribution in [1.82, 2.24) is 15.8 Å². The smallest absolute Gasteiger partial charge is 0.433 e. The van der Waals surface area contributed by atoms with Crippen molar-refractivity contribution in [2.45, 2.75) is 13.1 Å². The van der Waals surface area contributed by atoms with E-state index in [1.165, 1.54) is 0 Å². The molecule has 0 bridgehead atoms. The van der Waals surface area contributed by atoms with Gasteiger partial charge in [0.2, 0.25) is 0 Å². The summed E-state index contributed by atoms with van der Waals surface area (Å²) < 4.78 is 42.8. The largest absolute Gasteiger partial charge is 0.451 e. The molecule has 1 aromatic carbocycles. The Bertz CT molecular complexity index is 978. The summed E-state index contributed by atoms with van der Waals surface area (Å²) in [7, 11) is 0. The van der Waals surface area contributed by atoms with Gasteiger partial charge in [-0.15, -0.1) is 0 Å². The van der Waals surface area contributed by atoms with E-state index in [4.69, 9.17) is 4.42 Å². The number of carbonyl (C=O) groups excluding carboxylic acids is 2. The number of hydrogen-bond acceptors (Lipinski definition) is 4. The average molecular weight is 363 g/mol. The fourth-order valence-corrected chi connectivity index (χ4v) is 2.33. The molecule has 0 aliphatic heterocycles. The van der Waals surface area contributed by atoms with Gasteiger partial charge in [0, 0.05) is 17.1 Å². The molecule has 2 amide bonds. The Morgan fingerprint density at radius 1 is 1.04 bits per heavy atom. The first-order valence-corrected chi connectivity index (χ1v) is 7.39. The van der Waals surface area contributed by atoms with Crippen LogP contribution in [0.15, 0.2) is 47.0 Å². The van der Waals surface area contributed by atoms with Gasteiger partial charge < -0.3 is 4.42 Å². The zero-order valence-electron chi connectivity index (χ0n) is 13.3. The second kappa shape index (κ2) is 6.51. The minimum atomic E-state index is -4.60. The lowest BCUT2D eigenvalue weighted by atomic mass is 10.1. The van der Waals surface area contributed by atoms with Gasteiger partial charge in [-0.2, -0.15) is 13.2 Å². The number of benzene rings is 1. The third kappa shape index (κ3) is 3.37. The fourth-order valence-electron chi connectivity index (χ4n) is 2.33. The molecule has 0 atom stereocenters. The standard InChI is InChI=1S/C17H12F3N3O3/c1-9-11-4-2-3-5-12(11)26-14(9)16(25)23-22-15(24)10-6-7-13(21-8-10)17(18,19)20/h2-8H,1H3,(H,22,24)(H,23,25). The number of hydrazine groups is 1. The summed E-state index contributed by atoms with van der Waals surface area (Å²) >= 11 is 0. The molecule has 0 spiro atoms. The lowest BCUT2D eigenvalue weighted by molar-refractivity contribution is -0.141. The topological polar surface area (TPSA) is 84.2 Å². The molecule has 0 radical (unpaired) electrons. The second-order valence-corrected chi connectivity index (χ2v) is 5.39. The highest BCUT2D eigenvalue weighted by Gasteiger charge is 2.32. The minimum Gasteiger partial charge on any atom is -0.451 e. The first-order valence-electron chi connectivity index (χ1n) is 7.39. The van der Waals surface area contributed by atoms with Crippen LogP contribution >= 0.6 is 0 Å². The van der Waals surface area contributed by atoms with Gasteiger partial charge in [0.15, 0.2) is 5.76 Å².